The number of amides is 1. The third-order valence-electron chi connectivity index (χ3n) is 7.00. The maximum atomic E-state index is 14.3. The first-order valence-electron chi connectivity index (χ1n) is 12.3. The standard InChI is InChI=1S/C25H29Cl2F3N4O4/c1-3-4-5-10-33(14-19(35)20-17(26)12-31-13-18(20)27)22(36)16-11-32-34(21(16)25(28,29)30)15-6-8-24(2,9-7-15)23(37)38/h11-13,15H,3-10,14H2,1-2H3,(H,37,38)/t15-,24-. The van der Waals surface area contributed by atoms with Crippen LogP contribution in [-0.4, -0.2) is 55.5 Å². The summed E-state index contributed by atoms with van der Waals surface area (Å²) < 4.78 is 43.7. The van der Waals surface area contributed by atoms with Gasteiger partial charge in [-0.2, -0.15) is 18.3 Å². The number of carboxylic acids is 1. The maximum absolute atomic E-state index is 14.3. The van der Waals surface area contributed by atoms with Gasteiger partial charge in [0.25, 0.3) is 5.91 Å². The summed E-state index contributed by atoms with van der Waals surface area (Å²) in [7, 11) is 0. The number of carboxylic acid groups (broad SMARTS) is 1. The fraction of sp³-hybridized carbons (Fsp3) is 0.560. The first kappa shape index (κ1) is 29.9. The molecule has 13 heteroatoms. The summed E-state index contributed by atoms with van der Waals surface area (Å²) in [5, 5.41) is 13.3. The van der Waals surface area contributed by atoms with Gasteiger partial charge >= 0.3 is 12.1 Å². The van der Waals surface area contributed by atoms with Gasteiger partial charge in [-0.3, -0.25) is 24.0 Å². The molecule has 2 aromatic rings. The highest BCUT2D eigenvalue weighted by Crippen LogP contribution is 2.43. The van der Waals surface area contributed by atoms with Gasteiger partial charge in [0, 0.05) is 18.9 Å². The molecule has 0 saturated heterocycles. The maximum Gasteiger partial charge on any atom is 0.433 e. The van der Waals surface area contributed by atoms with E-state index >= 15 is 0 Å². The van der Waals surface area contributed by atoms with Crippen molar-refractivity contribution < 1.29 is 32.7 Å². The lowest BCUT2D eigenvalue weighted by atomic mass is 9.74. The van der Waals surface area contributed by atoms with Crippen molar-refractivity contribution in [1.82, 2.24) is 19.7 Å². The lowest BCUT2D eigenvalue weighted by Crippen LogP contribution is -2.38. The lowest BCUT2D eigenvalue weighted by Gasteiger charge is -2.34. The number of Topliss-reactive ketones (excluding diaryl/α,β-unsaturated/α-hetero) is 1. The Morgan fingerprint density at radius 1 is 1.13 bits per heavy atom. The largest absolute Gasteiger partial charge is 0.481 e. The van der Waals surface area contributed by atoms with Crippen LogP contribution < -0.4 is 0 Å². The molecule has 3 rings (SSSR count). The van der Waals surface area contributed by atoms with Crippen LogP contribution in [0.2, 0.25) is 10.0 Å². The zero-order chi connectivity index (χ0) is 28.3. The van der Waals surface area contributed by atoms with E-state index in [-0.39, 0.29) is 47.8 Å². The molecule has 2 heterocycles. The van der Waals surface area contributed by atoms with E-state index in [1.54, 1.807) is 6.92 Å². The van der Waals surface area contributed by atoms with E-state index in [4.69, 9.17) is 23.2 Å². The molecule has 0 aliphatic heterocycles. The topological polar surface area (TPSA) is 105 Å². The molecule has 0 spiro atoms. The number of halogens is 5. The number of ketones is 1. The highest BCUT2D eigenvalue weighted by atomic mass is 35.5. The fourth-order valence-corrected chi connectivity index (χ4v) is 5.26. The average Bonchev–Trinajstić information content (AvgIpc) is 3.29. The monoisotopic (exact) mass is 576 g/mol. The van der Waals surface area contributed by atoms with E-state index in [9.17, 15) is 32.7 Å². The summed E-state index contributed by atoms with van der Waals surface area (Å²) in [5.74, 6) is -2.61. The third-order valence-corrected chi connectivity index (χ3v) is 7.57. The molecular formula is C25H29Cl2F3N4O4. The van der Waals surface area contributed by atoms with Crippen molar-refractivity contribution in [2.45, 2.75) is 71.0 Å². The summed E-state index contributed by atoms with van der Waals surface area (Å²) in [6, 6.07) is -0.717. The second kappa shape index (κ2) is 12.0. The number of rotatable bonds is 10. The summed E-state index contributed by atoms with van der Waals surface area (Å²) in [4.78, 5) is 42.9. The molecule has 8 nitrogen and oxygen atoms in total. The summed E-state index contributed by atoms with van der Waals surface area (Å²) in [6.45, 7) is 3.01. The van der Waals surface area contributed by atoms with Crippen molar-refractivity contribution in [2.24, 2.45) is 5.41 Å². The molecule has 1 N–H and O–H groups in total. The highest BCUT2D eigenvalue weighted by Gasteiger charge is 2.45. The molecule has 0 unspecified atom stereocenters. The van der Waals surface area contributed by atoms with Gasteiger partial charge < -0.3 is 10.0 Å². The summed E-state index contributed by atoms with van der Waals surface area (Å²) in [5.41, 5.74) is -2.96. The van der Waals surface area contributed by atoms with Crippen LogP contribution in [0.4, 0.5) is 13.2 Å². The second-order valence-electron chi connectivity index (χ2n) is 9.78. The Labute approximate surface area is 228 Å². The Morgan fingerprint density at radius 2 is 1.74 bits per heavy atom. The molecule has 208 valence electrons. The van der Waals surface area contributed by atoms with Crippen LogP contribution in [0.15, 0.2) is 18.6 Å². The van der Waals surface area contributed by atoms with Crippen LogP contribution in [0.3, 0.4) is 0 Å². The Kier molecular flexibility index (Phi) is 9.46. The van der Waals surface area contributed by atoms with E-state index in [2.05, 4.69) is 10.1 Å². The highest BCUT2D eigenvalue weighted by molar-refractivity contribution is 6.39. The molecule has 38 heavy (non-hydrogen) atoms. The van der Waals surface area contributed by atoms with Gasteiger partial charge in [-0.25, -0.2) is 0 Å². The van der Waals surface area contributed by atoms with Crippen molar-refractivity contribution in [2.75, 3.05) is 13.1 Å². The first-order valence-corrected chi connectivity index (χ1v) is 13.0. The number of carbonyl (C=O) groups is 3. The van der Waals surface area contributed by atoms with Gasteiger partial charge in [0.2, 0.25) is 0 Å². The van der Waals surface area contributed by atoms with Crippen LogP contribution in [-0.2, 0) is 11.0 Å². The number of unbranched alkanes of at least 4 members (excludes halogenated alkanes) is 2. The lowest BCUT2D eigenvalue weighted by molar-refractivity contribution is -0.152. The number of hydrogen-bond donors (Lipinski definition) is 1. The van der Waals surface area contributed by atoms with Crippen LogP contribution in [0.1, 0.15) is 91.2 Å². The predicted octanol–water partition coefficient (Wildman–Crippen LogP) is 6.33. The van der Waals surface area contributed by atoms with Crippen LogP contribution >= 0.6 is 23.2 Å². The van der Waals surface area contributed by atoms with E-state index < -0.39 is 53.1 Å². The van der Waals surface area contributed by atoms with Gasteiger partial charge in [-0.1, -0.05) is 43.0 Å². The molecular weight excluding hydrogens is 548 g/mol. The Balaban J connectivity index is 1.94. The second-order valence-corrected chi connectivity index (χ2v) is 10.6. The minimum Gasteiger partial charge on any atom is -0.481 e. The van der Waals surface area contributed by atoms with Crippen molar-refractivity contribution >= 4 is 40.9 Å². The number of carbonyl (C=O) groups excluding carboxylic acids is 2. The number of pyridine rings is 1. The summed E-state index contributed by atoms with van der Waals surface area (Å²) >= 11 is 12.2. The number of aliphatic carboxylic acids is 1. The zero-order valence-electron chi connectivity index (χ0n) is 21.0. The van der Waals surface area contributed by atoms with E-state index in [1.807, 2.05) is 6.92 Å². The van der Waals surface area contributed by atoms with E-state index in [0.29, 0.717) is 12.8 Å². The number of nitrogens with zero attached hydrogens (tertiary/aromatic N) is 4. The molecule has 0 radical (unpaired) electrons. The minimum atomic E-state index is -4.91. The fourth-order valence-electron chi connectivity index (χ4n) is 4.68. The molecule has 1 saturated carbocycles. The first-order chi connectivity index (χ1) is 17.8. The Bertz CT molecular complexity index is 1170. The smallest absolute Gasteiger partial charge is 0.433 e. The van der Waals surface area contributed by atoms with Gasteiger partial charge in [0.1, 0.15) is 0 Å². The number of alkyl halides is 3. The summed E-state index contributed by atoms with van der Waals surface area (Å²) in [6.07, 6.45) is 1.05. The molecule has 0 bridgehead atoms. The van der Waals surface area contributed by atoms with Gasteiger partial charge in [0.15, 0.2) is 11.5 Å². The SMILES string of the molecule is CCCCCN(CC(=O)c1c(Cl)cncc1Cl)C(=O)c1cnn([C@H]2CC[C@](C)(C(=O)O)CC2)c1C(F)(F)F. The number of hydrogen-bond acceptors (Lipinski definition) is 5. The van der Waals surface area contributed by atoms with E-state index in [0.717, 1.165) is 22.2 Å². The van der Waals surface area contributed by atoms with Crippen molar-refractivity contribution in [3.63, 3.8) is 0 Å². The predicted molar refractivity (Wildman–Crippen MR) is 134 cm³/mol. The molecule has 1 aliphatic carbocycles. The van der Waals surface area contributed by atoms with Crippen molar-refractivity contribution in [1.29, 1.82) is 0 Å². The molecule has 1 fully saturated rings. The van der Waals surface area contributed by atoms with Gasteiger partial charge in [0.05, 0.1) is 45.4 Å². The molecule has 0 atom stereocenters. The van der Waals surface area contributed by atoms with E-state index in [1.165, 1.54) is 12.4 Å². The molecule has 2 aromatic heterocycles. The van der Waals surface area contributed by atoms with Gasteiger partial charge in [-0.05, 0) is 39.0 Å². The number of aromatic nitrogens is 3. The zero-order valence-corrected chi connectivity index (χ0v) is 22.5. The molecule has 0 aromatic carbocycles. The quantitative estimate of drug-likeness (QED) is 0.262. The van der Waals surface area contributed by atoms with Crippen molar-refractivity contribution in [3.8, 4) is 0 Å². The van der Waals surface area contributed by atoms with Crippen LogP contribution in [0, 0.1) is 5.41 Å². The molecule has 1 amide bonds. The third kappa shape index (κ3) is 6.48. The molecule has 1 aliphatic rings. The van der Waals surface area contributed by atoms with Crippen LogP contribution in [0.5, 0.6) is 0 Å². The normalized spacial score (nSPS) is 19.8. The Morgan fingerprint density at radius 3 is 2.26 bits per heavy atom. The van der Waals surface area contributed by atoms with Crippen molar-refractivity contribution in [3.05, 3.63) is 45.5 Å². The Hall–Kier alpha value is -2.66. The average molecular weight is 577 g/mol. The van der Waals surface area contributed by atoms with Gasteiger partial charge in [-0.15, -0.1) is 0 Å². The van der Waals surface area contributed by atoms with Crippen LogP contribution in [0.25, 0.3) is 0 Å². The minimum absolute atomic E-state index is 0.0297.